The molecule has 0 atom stereocenters. The fraction of sp³-hybridized carbons (Fsp3) is 0.227. The molecule has 1 amide bonds. The van der Waals surface area contributed by atoms with E-state index in [1.807, 2.05) is 28.8 Å². The lowest BCUT2D eigenvalue weighted by Gasteiger charge is -2.09. The van der Waals surface area contributed by atoms with Crippen LogP contribution in [-0.2, 0) is 22.8 Å². The summed E-state index contributed by atoms with van der Waals surface area (Å²) in [6, 6.07) is 12.1. The molecule has 8 nitrogen and oxygen atoms in total. The van der Waals surface area contributed by atoms with Crippen molar-refractivity contribution < 1.29 is 9.72 Å². The van der Waals surface area contributed by atoms with Crippen LogP contribution < -0.4 is 5.32 Å². The third kappa shape index (κ3) is 7.08. The molecule has 0 bridgehead atoms. The number of aromatic nitrogens is 3. The van der Waals surface area contributed by atoms with E-state index in [4.69, 9.17) is 11.6 Å². The highest BCUT2D eigenvalue weighted by molar-refractivity contribution is 7.99. The van der Waals surface area contributed by atoms with Gasteiger partial charge in [0, 0.05) is 29.5 Å². The fourth-order valence-electron chi connectivity index (χ4n) is 2.86. The van der Waals surface area contributed by atoms with Crippen molar-refractivity contribution in [2.75, 3.05) is 11.1 Å². The summed E-state index contributed by atoms with van der Waals surface area (Å²) in [7, 11) is 0. The first-order valence-corrected chi connectivity index (χ1v) is 12.4. The molecule has 172 valence electrons. The van der Waals surface area contributed by atoms with Crippen molar-refractivity contribution in [3.8, 4) is 0 Å². The predicted octanol–water partition coefficient (Wildman–Crippen LogP) is 5.50. The third-order valence-electron chi connectivity index (χ3n) is 4.56. The van der Waals surface area contributed by atoms with E-state index in [0.29, 0.717) is 28.2 Å². The minimum Gasteiger partial charge on any atom is -0.325 e. The zero-order valence-electron chi connectivity index (χ0n) is 17.9. The summed E-state index contributed by atoms with van der Waals surface area (Å²) in [6.45, 7) is 6.10. The number of nitrogens with zero attached hydrogens (tertiary/aromatic N) is 4. The summed E-state index contributed by atoms with van der Waals surface area (Å²) >= 11 is 8.89. The maximum Gasteiger partial charge on any atom is 0.271 e. The highest BCUT2D eigenvalue weighted by Gasteiger charge is 2.15. The SMILES string of the molecule is C=CCn1c(CSCc2ccc(Cl)cc2)nnc1SCC(=O)Nc1cc([N+](=O)[O-])ccc1C. The maximum absolute atomic E-state index is 12.5. The Bertz CT molecular complexity index is 1150. The Kier molecular flexibility index (Phi) is 8.93. The van der Waals surface area contributed by atoms with E-state index in [2.05, 4.69) is 22.1 Å². The third-order valence-corrected chi connectivity index (χ3v) is 6.78. The quantitative estimate of drug-likeness (QED) is 0.159. The Morgan fingerprint density at radius 1 is 1.24 bits per heavy atom. The van der Waals surface area contributed by atoms with Gasteiger partial charge >= 0.3 is 0 Å². The first-order valence-electron chi connectivity index (χ1n) is 9.90. The van der Waals surface area contributed by atoms with E-state index >= 15 is 0 Å². The number of carbonyl (C=O) groups excluding carboxylic acids is 1. The number of rotatable bonds is 11. The Morgan fingerprint density at radius 2 is 2.00 bits per heavy atom. The molecular formula is C22H22ClN5O3S2. The lowest BCUT2D eigenvalue weighted by Crippen LogP contribution is -2.15. The van der Waals surface area contributed by atoms with Crippen molar-refractivity contribution in [1.29, 1.82) is 0 Å². The van der Waals surface area contributed by atoms with E-state index in [1.165, 1.54) is 29.5 Å². The number of benzene rings is 2. The molecule has 0 aliphatic heterocycles. The van der Waals surface area contributed by atoms with Gasteiger partial charge in [-0.3, -0.25) is 14.9 Å². The molecule has 11 heteroatoms. The second-order valence-electron chi connectivity index (χ2n) is 7.01. The number of allylic oxidation sites excluding steroid dienone is 1. The average molecular weight is 504 g/mol. The van der Waals surface area contributed by atoms with Crippen LogP contribution in [0.3, 0.4) is 0 Å². The van der Waals surface area contributed by atoms with Gasteiger partial charge in [-0.15, -0.1) is 28.5 Å². The van der Waals surface area contributed by atoms with Crippen LogP contribution in [0.15, 0.2) is 60.3 Å². The lowest BCUT2D eigenvalue weighted by atomic mass is 10.2. The molecule has 0 aliphatic rings. The Labute approximate surface area is 205 Å². The van der Waals surface area contributed by atoms with Gasteiger partial charge in [0.1, 0.15) is 5.82 Å². The number of nitro groups is 1. The van der Waals surface area contributed by atoms with Crippen molar-refractivity contribution in [3.63, 3.8) is 0 Å². The molecule has 0 spiro atoms. The summed E-state index contributed by atoms with van der Waals surface area (Å²) in [5.74, 6) is 2.07. The second kappa shape index (κ2) is 11.9. The molecule has 3 aromatic rings. The van der Waals surface area contributed by atoms with Crippen molar-refractivity contribution >= 4 is 52.4 Å². The summed E-state index contributed by atoms with van der Waals surface area (Å²) in [5.41, 5.74) is 2.26. The molecule has 1 heterocycles. The van der Waals surface area contributed by atoms with Gasteiger partial charge in [0.05, 0.1) is 22.1 Å². The first-order chi connectivity index (χ1) is 15.9. The van der Waals surface area contributed by atoms with Gasteiger partial charge in [0.15, 0.2) is 5.16 Å². The van der Waals surface area contributed by atoms with Gasteiger partial charge in [-0.2, -0.15) is 0 Å². The van der Waals surface area contributed by atoms with Crippen LogP contribution in [0.5, 0.6) is 0 Å². The number of aryl methyl sites for hydroxylation is 1. The normalized spacial score (nSPS) is 10.7. The molecule has 0 fully saturated rings. The number of hydrogen-bond donors (Lipinski definition) is 1. The highest BCUT2D eigenvalue weighted by atomic mass is 35.5. The van der Waals surface area contributed by atoms with Gasteiger partial charge in [0.25, 0.3) is 5.69 Å². The summed E-state index contributed by atoms with van der Waals surface area (Å²) < 4.78 is 1.93. The molecular weight excluding hydrogens is 482 g/mol. The molecule has 1 aromatic heterocycles. The predicted molar refractivity (Wildman–Crippen MR) is 134 cm³/mol. The average Bonchev–Trinajstić information content (AvgIpc) is 3.17. The smallest absolute Gasteiger partial charge is 0.271 e. The number of nitro benzene ring substituents is 1. The van der Waals surface area contributed by atoms with E-state index in [-0.39, 0.29) is 17.3 Å². The fourth-order valence-corrected chi connectivity index (χ4v) is 4.68. The summed E-state index contributed by atoms with van der Waals surface area (Å²) in [5, 5.41) is 23.6. The van der Waals surface area contributed by atoms with Crippen LogP contribution >= 0.6 is 35.1 Å². The number of carbonyl (C=O) groups is 1. The van der Waals surface area contributed by atoms with Crippen molar-refractivity contribution in [3.05, 3.63) is 87.2 Å². The Hall–Kier alpha value is -2.82. The number of non-ortho nitro benzene ring substituents is 1. The second-order valence-corrected chi connectivity index (χ2v) is 9.38. The van der Waals surface area contributed by atoms with Crippen LogP contribution in [-0.4, -0.2) is 31.3 Å². The van der Waals surface area contributed by atoms with E-state index in [0.717, 1.165) is 17.1 Å². The highest BCUT2D eigenvalue weighted by Crippen LogP contribution is 2.24. The van der Waals surface area contributed by atoms with E-state index < -0.39 is 4.92 Å². The van der Waals surface area contributed by atoms with Crippen LogP contribution in [0.4, 0.5) is 11.4 Å². The van der Waals surface area contributed by atoms with Gasteiger partial charge in [-0.05, 0) is 30.2 Å². The van der Waals surface area contributed by atoms with Gasteiger partial charge < -0.3 is 9.88 Å². The molecule has 0 saturated heterocycles. The Morgan fingerprint density at radius 3 is 2.70 bits per heavy atom. The molecule has 0 saturated carbocycles. The van der Waals surface area contributed by atoms with Crippen LogP contribution in [0.25, 0.3) is 0 Å². The van der Waals surface area contributed by atoms with Crippen molar-refractivity contribution in [2.45, 2.75) is 30.1 Å². The topological polar surface area (TPSA) is 103 Å². The minimum atomic E-state index is -0.492. The van der Waals surface area contributed by atoms with Crippen LogP contribution in [0.1, 0.15) is 17.0 Å². The molecule has 0 aliphatic carbocycles. The molecule has 0 radical (unpaired) electrons. The molecule has 3 rings (SSSR count). The molecule has 0 unspecified atom stereocenters. The zero-order valence-corrected chi connectivity index (χ0v) is 20.3. The molecule has 1 N–H and O–H groups in total. The first kappa shape index (κ1) is 24.8. The number of anilines is 1. The number of hydrogen-bond acceptors (Lipinski definition) is 7. The molecule has 33 heavy (non-hydrogen) atoms. The lowest BCUT2D eigenvalue weighted by molar-refractivity contribution is -0.384. The summed E-state index contributed by atoms with van der Waals surface area (Å²) in [4.78, 5) is 23.0. The number of amides is 1. The monoisotopic (exact) mass is 503 g/mol. The largest absolute Gasteiger partial charge is 0.325 e. The minimum absolute atomic E-state index is 0.0741. The maximum atomic E-state index is 12.5. The Balaban J connectivity index is 1.59. The van der Waals surface area contributed by atoms with Crippen LogP contribution in [0.2, 0.25) is 5.02 Å². The zero-order chi connectivity index (χ0) is 23.8. The van der Waals surface area contributed by atoms with E-state index in [1.54, 1.807) is 30.8 Å². The standard InChI is InChI=1S/C22H22ClN5O3S2/c1-3-10-27-20(13-32-12-16-5-7-17(23)8-6-16)25-26-22(27)33-14-21(29)24-19-11-18(28(30)31)9-4-15(19)2/h3-9,11H,1,10,12-14H2,2H3,(H,24,29). The number of halogens is 1. The number of nitrogens with one attached hydrogen (secondary N) is 1. The van der Waals surface area contributed by atoms with Gasteiger partial charge in [0.2, 0.25) is 5.91 Å². The molecule has 2 aromatic carbocycles. The van der Waals surface area contributed by atoms with Gasteiger partial charge in [-0.1, -0.05) is 47.6 Å². The van der Waals surface area contributed by atoms with Crippen molar-refractivity contribution in [1.82, 2.24) is 14.8 Å². The summed E-state index contributed by atoms with van der Waals surface area (Å²) in [6.07, 6.45) is 1.76. The van der Waals surface area contributed by atoms with Crippen LogP contribution in [0, 0.1) is 17.0 Å². The number of thioether (sulfide) groups is 2. The van der Waals surface area contributed by atoms with E-state index in [9.17, 15) is 14.9 Å². The van der Waals surface area contributed by atoms with Crippen molar-refractivity contribution in [2.24, 2.45) is 0 Å². The van der Waals surface area contributed by atoms with Gasteiger partial charge in [-0.25, -0.2) is 0 Å².